The van der Waals surface area contributed by atoms with Crippen LogP contribution in [-0.2, 0) is 9.59 Å². The number of hydrogen-bond acceptors (Lipinski definition) is 5. The van der Waals surface area contributed by atoms with E-state index in [0.717, 1.165) is 24.2 Å². The summed E-state index contributed by atoms with van der Waals surface area (Å²) in [5.41, 5.74) is -0.599. The number of imide groups is 1. The number of carbonyl (C=O) groups is 3. The van der Waals surface area contributed by atoms with Crippen molar-refractivity contribution in [1.82, 2.24) is 15.5 Å². The number of hydrogen-bond donors (Lipinski definition) is 3. The molecule has 1 aliphatic heterocycles. The van der Waals surface area contributed by atoms with Crippen LogP contribution in [0.15, 0.2) is 18.2 Å². The van der Waals surface area contributed by atoms with Crippen molar-refractivity contribution in [2.45, 2.75) is 37.6 Å². The maximum Gasteiger partial charge on any atom is 0.325 e. The Labute approximate surface area is 162 Å². The standard InChI is InChI=1S/C19H22FN5O3/c20-14-5-4-6-15(13(14)11-21)22-9-10-23-16(26)12-25-17(27)19(24-18(25)28)7-2-1-3-8-19/h4-6,22H,1-3,7-10,12H2,(H,23,26)(H,24,28). The van der Waals surface area contributed by atoms with Crippen LogP contribution in [0.25, 0.3) is 0 Å². The lowest BCUT2D eigenvalue weighted by Gasteiger charge is -2.30. The number of nitrogens with one attached hydrogen (secondary N) is 3. The third-order valence-corrected chi connectivity index (χ3v) is 5.14. The van der Waals surface area contributed by atoms with E-state index in [9.17, 15) is 18.8 Å². The Kier molecular flexibility index (Phi) is 5.78. The highest BCUT2D eigenvalue weighted by molar-refractivity contribution is 6.09. The number of carbonyl (C=O) groups excluding carboxylic acids is 3. The smallest absolute Gasteiger partial charge is 0.325 e. The first-order chi connectivity index (χ1) is 13.5. The summed E-state index contributed by atoms with van der Waals surface area (Å²) in [6.07, 6.45) is 4.01. The predicted molar refractivity (Wildman–Crippen MR) is 98.7 cm³/mol. The SMILES string of the molecule is N#Cc1c(F)cccc1NCCNC(=O)CN1C(=O)NC2(CCCCC2)C1=O. The first kappa shape index (κ1) is 19.6. The number of benzene rings is 1. The van der Waals surface area contributed by atoms with E-state index in [-0.39, 0.29) is 31.1 Å². The van der Waals surface area contributed by atoms with Gasteiger partial charge in [-0.25, -0.2) is 9.18 Å². The van der Waals surface area contributed by atoms with Gasteiger partial charge in [0.25, 0.3) is 5.91 Å². The van der Waals surface area contributed by atoms with Gasteiger partial charge in [0.05, 0.1) is 5.69 Å². The van der Waals surface area contributed by atoms with E-state index in [1.54, 1.807) is 12.1 Å². The van der Waals surface area contributed by atoms with Gasteiger partial charge in [-0.2, -0.15) is 5.26 Å². The highest BCUT2D eigenvalue weighted by Crippen LogP contribution is 2.33. The summed E-state index contributed by atoms with van der Waals surface area (Å²) in [4.78, 5) is 37.9. The molecule has 1 saturated heterocycles. The molecule has 148 valence electrons. The fourth-order valence-electron chi connectivity index (χ4n) is 3.70. The topological polar surface area (TPSA) is 114 Å². The molecule has 1 aromatic rings. The minimum absolute atomic E-state index is 0.0917. The third kappa shape index (κ3) is 3.91. The molecule has 1 aromatic carbocycles. The Bertz CT molecular complexity index is 829. The molecular formula is C19H22FN5O3. The lowest BCUT2D eigenvalue weighted by atomic mass is 9.82. The molecule has 1 heterocycles. The summed E-state index contributed by atoms with van der Waals surface area (Å²) in [5.74, 6) is -1.41. The Morgan fingerprint density at radius 2 is 2.00 bits per heavy atom. The second-order valence-corrected chi connectivity index (χ2v) is 7.02. The van der Waals surface area contributed by atoms with Crippen LogP contribution in [0.5, 0.6) is 0 Å². The highest BCUT2D eigenvalue weighted by atomic mass is 19.1. The van der Waals surface area contributed by atoms with Crippen LogP contribution in [0.1, 0.15) is 37.7 Å². The molecule has 9 heteroatoms. The molecule has 28 heavy (non-hydrogen) atoms. The number of halogens is 1. The van der Waals surface area contributed by atoms with E-state index in [0.29, 0.717) is 18.5 Å². The highest BCUT2D eigenvalue weighted by Gasteiger charge is 2.51. The lowest BCUT2D eigenvalue weighted by Crippen LogP contribution is -2.49. The molecule has 1 aliphatic carbocycles. The number of amides is 4. The van der Waals surface area contributed by atoms with Crippen molar-refractivity contribution in [3.63, 3.8) is 0 Å². The Morgan fingerprint density at radius 1 is 1.25 bits per heavy atom. The van der Waals surface area contributed by atoms with Crippen LogP contribution in [-0.4, -0.2) is 47.9 Å². The van der Waals surface area contributed by atoms with Crippen molar-refractivity contribution in [2.24, 2.45) is 0 Å². The van der Waals surface area contributed by atoms with Crippen LogP contribution < -0.4 is 16.0 Å². The molecule has 0 aromatic heterocycles. The molecule has 0 unspecified atom stereocenters. The lowest BCUT2D eigenvalue weighted by molar-refractivity contribution is -0.135. The second kappa shape index (κ2) is 8.25. The number of nitrogens with zero attached hydrogens (tertiary/aromatic N) is 2. The first-order valence-electron chi connectivity index (χ1n) is 9.30. The van der Waals surface area contributed by atoms with Crippen LogP contribution in [0.3, 0.4) is 0 Å². The fourth-order valence-corrected chi connectivity index (χ4v) is 3.70. The van der Waals surface area contributed by atoms with Gasteiger partial charge < -0.3 is 16.0 Å². The van der Waals surface area contributed by atoms with Gasteiger partial charge in [-0.05, 0) is 25.0 Å². The van der Waals surface area contributed by atoms with E-state index in [4.69, 9.17) is 5.26 Å². The molecule has 2 fully saturated rings. The normalized spacial score (nSPS) is 17.9. The summed E-state index contributed by atoms with van der Waals surface area (Å²) in [5, 5.41) is 17.2. The molecule has 8 nitrogen and oxygen atoms in total. The van der Waals surface area contributed by atoms with E-state index in [2.05, 4.69) is 16.0 Å². The zero-order valence-corrected chi connectivity index (χ0v) is 15.4. The van der Waals surface area contributed by atoms with Gasteiger partial charge in [0.2, 0.25) is 5.91 Å². The number of urea groups is 1. The zero-order valence-electron chi connectivity index (χ0n) is 15.4. The van der Waals surface area contributed by atoms with Crippen LogP contribution in [0, 0.1) is 17.1 Å². The van der Waals surface area contributed by atoms with Gasteiger partial charge in [0.15, 0.2) is 0 Å². The zero-order chi connectivity index (χ0) is 20.1. The van der Waals surface area contributed by atoms with Crippen LogP contribution in [0.4, 0.5) is 14.9 Å². The monoisotopic (exact) mass is 387 g/mol. The Morgan fingerprint density at radius 3 is 2.71 bits per heavy atom. The van der Waals surface area contributed by atoms with Gasteiger partial charge >= 0.3 is 6.03 Å². The second-order valence-electron chi connectivity index (χ2n) is 7.02. The third-order valence-electron chi connectivity index (χ3n) is 5.14. The number of rotatable bonds is 6. The average molecular weight is 387 g/mol. The predicted octanol–water partition coefficient (Wildman–Crippen LogP) is 1.48. The fraction of sp³-hybridized carbons (Fsp3) is 0.474. The van der Waals surface area contributed by atoms with Crippen molar-refractivity contribution < 1.29 is 18.8 Å². The van der Waals surface area contributed by atoms with E-state index in [1.807, 2.05) is 0 Å². The van der Waals surface area contributed by atoms with Gasteiger partial charge in [-0.15, -0.1) is 0 Å². The maximum absolute atomic E-state index is 13.5. The Hall–Kier alpha value is -3.15. The summed E-state index contributed by atoms with van der Waals surface area (Å²) in [6.45, 7) is 0.110. The molecule has 0 atom stereocenters. The van der Waals surface area contributed by atoms with Crippen molar-refractivity contribution in [3.8, 4) is 6.07 Å². The molecule has 3 N–H and O–H groups in total. The van der Waals surface area contributed by atoms with Crippen molar-refractivity contribution >= 4 is 23.5 Å². The first-order valence-corrected chi connectivity index (χ1v) is 9.30. The minimum Gasteiger partial charge on any atom is -0.382 e. The molecular weight excluding hydrogens is 365 g/mol. The maximum atomic E-state index is 13.5. The van der Waals surface area contributed by atoms with Gasteiger partial charge in [-0.3, -0.25) is 14.5 Å². The molecule has 3 rings (SSSR count). The molecule has 0 bridgehead atoms. The van der Waals surface area contributed by atoms with E-state index >= 15 is 0 Å². The van der Waals surface area contributed by atoms with Gasteiger partial charge in [-0.1, -0.05) is 25.3 Å². The van der Waals surface area contributed by atoms with Crippen molar-refractivity contribution in [3.05, 3.63) is 29.6 Å². The summed E-state index contributed by atoms with van der Waals surface area (Å²) in [7, 11) is 0. The van der Waals surface area contributed by atoms with Crippen LogP contribution >= 0.6 is 0 Å². The summed E-state index contributed by atoms with van der Waals surface area (Å²) in [6, 6.07) is 5.51. The molecule has 0 radical (unpaired) electrons. The quantitative estimate of drug-likeness (QED) is 0.505. The number of anilines is 1. The molecule has 1 saturated carbocycles. The van der Waals surface area contributed by atoms with Crippen LogP contribution in [0.2, 0.25) is 0 Å². The average Bonchev–Trinajstić information content (AvgIpc) is 2.90. The van der Waals surface area contributed by atoms with E-state index < -0.39 is 23.3 Å². The Balaban J connectivity index is 1.47. The molecule has 1 spiro atoms. The summed E-state index contributed by atoms with van der Waals surface area (Å²) >= 11 is 0. The minimum atomic E-state index is -0.845. The van der Waals surface area contributed by atoms with Gasteiger partial charge in [0, 0.05) is 13.1 Å². The number of nitriles is 1. The molecule has 4 amide bonds. The van der Waals surface area contributed by atoms with Gasteiger partial charge in [0.1, 0.15) is 29.5 Å². The largest absolute Gasteiger partial charge is 0.382 e. The van der Waals surface area contributed by atoms with Crippen molar-refractivity contribution in [1.29, 1.82) is 5.26 Å². The van der Waals surface area contributed by atoms with E-state index in [1.165, 1.54) is 12.1 Å². The van der Waals surface area contributed by atoms with Crippen molar-refractivity contribution in [2.75, 3.05) is 25.0 Å². The molecule has 2 aliphatic rings. The summed E-state index contributed by atoms with van der Waals surface area (Å²) < 4.78 is 13.5.